The molecule has 6 heteroatoms. The Morgan fingerprint density at radius 3 is 2.50 bits per heavy atom. The van der Waals surface area contributed by atoms with Crippen LogP contribution in [0.4, 0.5) is 0 Å². The second kappa shape index (κ2) is 8.81. The Morgan fingerprint density at radius 2 is 1.86 bits per heavy atom. The van der Waals surface area contributed by atoms with E-state index in [4.69, 9.17) is 9.47 Å². The van der Waals surface area contributed by atoms with Gasteiger partial charge in [-0.05, 0) is 32.4 Å². The van der Waals surface area contributed by atoms with Crippen LogP contribution in [-0.2, 0) is 14.3 Å². The molecular weight excluding hydrogens is 286 g/mol. The number of rotatable bonds is 7. The number of ether oxygens (including phenoxy) is 2. The number of hydrogen-bond acceptors (Lipinski definition) is 5. The minimum atomic E-state index is -0.489. The predicted octanol–water partition coefficient (Wildman–Crippen LogP) is 2.07. The van der Waals surface area contributed by atoms with Crippen molar-refractivity contribution in [2.45, 2.75) is 39.7 Å². The van der Waals surface area contributed by atoms with Crippen LogP contribution < -0.4 is 10.1 Å². The largest absolute Gasteiger partial charge is 0.463 e. The minimum Gasteiger partial charge on any atom is -0.463 e. The SMILES string of the molecule is CC(=O)Oc1ccccc1C(=O)NCCCC(=O)OC(C)C. The average molecular weight is 307 g/mol. The van der Waals surface area contributed by atoms with Gasteiger partial charge >= 0.3 is 11.9 Å². The standard InChI is InChI=1S/C16H21NO5/c1-11(2)21-15(19)9-6-10-17-16(20)13-7-4-5-8-14(13)22-12(3)18/h4-5,7-8,11H,6,9-10H2,1-3H3,(H,17,20). The summed E-state index contributed by atoms with van der Waals surface area (Å²) >= 11 is 0. The van der Waals surface area contributed by atoms with Crippen LogP contribution in [0.25, 0.3) is 0 Å². The predicted molar refractivity (Wildman–Crippen MR) is 80.5 cm³/mol. The van der Waals surface area contributed by atoms with Crippen molar-refractivity contribution in [3.8, 4) is 5.75 Å². The van der Waals surface area contributed by atoms with Gasteiger partial charge in [-0.2, -0.15) is 0 Å². The van der Waals surface area contributed by atoms with Gasteiger partial charge < -0.3 is 14.8 Å². The lowest BCUT2D eigenvalue weighted by atomic mass is 10.2. The van der Waals surface area contributed by atoms with Crippen LogP contribution in [0.2, 0.25) is 0 Å². The normalized spacial score (nSPS) is 10.2. The lowest BCUT2D eigenvalue weighted by Crippen LogP contribution is -2.26. The van der Waals surface area contributed by atoms with Crippen LogP contribution in [0.3, 0.4) is 0 Å². The summed E-state index contributed by atoms with van der Waals surface area (Å²) in [5.41, 5.74) is 0.280. The van der Waals surface area contributed by atoms with Crippen molar-refractivity contribution < 1.29 is 23.9 Å². The smallest absolute Gasteiger partial charge is 0.308 e. The number of carbonyl (C=O) groups excluding carboxylic acids is 3. The molecule has 1 aromatic rings. The first-order valence-electron chi connectivity index (χ1n) is 7.15. The number of nitrogens with one attached hydrogen (secondary N) is 1. The fraction of sp³-hybridized carbons (Fsp3) is 0.438. The lowest BCUT2D eigenvalue weighted by molar-refractivity contribution is -0.147. The van der Waals surface area contributed by atoms with Crippen molar-refractivity contribution in [2.24, 2.45) is 0 Å². The lowest BCUT2D eigenvalue weighted by Gasteiger charge is -2.10. The van der Waals surface area contributed by atoms with Crippen molar-refractivity contribution in [3.05, 3.63) is 29.8 Å². The van der Waals surface area contributed by atoms with Crippen molar-refractivity contribution in [1.82, 2.24) is 5.32 Å². The first-order chi connectivity index (χ1) is 10.4. The van der Waals surface area contributed by atoms with E-state index < -0.39 is 5.97 Å². The van der Waals surface area contributed by atoms with Crippen LogP contribution in [0.1, 0.15) is 44.0 Å². The van der Waals surface area contributed by atoms with E-state index in [-0.39, 0.29) is 35.7 Å². The number of esters is 2. The summed E-state index contributed by atoms with van der Waals surface area (Å²) in [5.74, 6) is -0.915. The Kier molecular flexibility index (Phi) is 7.08. The van der Waals surface area contributed by atoms with Crippen molar-refractivity contribution in [3.63, 3.8) is 0 Å². The highest BCUT2D eigenvalue weighted by Crippen LogP contribution is 2.17. The van der Waals surface area contributed by atoms with E-state index in [1.165, 1.54) is 6.92 Å². The maximum atomic E-state index is 12.1. The molecule has 0 fully saturated rings. The molecule has 22 heavy (non-hydrogen) atoms. The molecule has 0 heterocycles. The molecule has 0 atom stereocenters. The molecule has 0 aromatic heterocycles. The van der Waals surface area contributed by atoms with Gasteiger partial charge in [-0.15, -0.1) is 0 Å². The highest BCUT2D eigenvalue weighted by Gasteiger charge is 2.13. The molecule has 1 N–H and O–H groups in total. The van der Waals surface area contributed by atoms with Crippen molar-refractivity contribution in [1.29, 1.82) is 0 Å². The molecule has 0 radical (unpaired) electrons. The van der Waals surface area contributed by atoms with Gasteiger partial charge in [-0.3, -0.25) is 14.4 Å². The number of amides is 1. The van der Waals surface area contributed by atoms with Gasteiger partial charge in [0.2, 0.25) is 0 Å². The molecule has 0 saturated heterocycles. The molecule has 120 valence electrons. The molecule has 1 aromatic carbocycles. The fourth-order valence-corrected chi connectivity index (χ4v) is 1.75. The third-order valence-electron chi connectivity index (χ3n) is 2.60. The van der Waals surface area contributed by atoms with Crippen molar-refractivity contribution in [2.75, 3.05) is 6.54 Å². The molecule has 1 amide bonds. The van der Waals surface area contributed by atoms with E-state index >= 15 is 0 Å². The molecule has 0 aliphatic carbocycles. The Labute approximate surface area is 129 Å². The first kappa shape index (κ1) is 17.7. The highest BCUT2D eigenvalue weighted by atomic mass is 16.5. The summed E-state index contributed by atoms with van der Waals surface area (Å²) in [5, 5.41) is 2.68. The zero-order valence-electron chi connectivity index (χ0n) is 13.0. The van der Waals surface area contributed by atoms with Crippen LogP contribution in [0, 0.1) is 0 Å². The molecule has 0 aliphatic rings. The van der Waals surface area contributed by atoms with Crippen LogP contribution in [0.15, 0.2) is 24.3 Å². The first-order valence-corrected chi connectivity index (χ1v) is 7.15. The molecule has 1 rings (SSSR count). The maximum Gasteiger partial charge on any atom is 0.308 e. The molecule has 0 spiro atoms. The third-order valence-corrected chi connectivity index (χ3v) is 2.60. The second-order valence-electron chi connectivity index (χ2n) is 4.99. The zero-order valence-corrected chi connectivity index (χ0v) is 13.0. The van der Waals surface area contributed by atoms with Gasteiger partial charge in [0, 0.05) is 19.9 Å². The number of hydrogen-bond donors (Lipinski definition) is 1. The third kappa shape index (κ3) is 6.39. The van der Waals surface area contributed by atoms with Gasteiger partial charge in [0.05, 0.1) is 11.7 Å². The van der Waals surface area contributed by atoms with E-state index in [1.807, 2.05) is 0 Å². The van der Waals surface area contributed by atoms with E-state index in [2.05, 4.69) is 5.32 Å². The summed E-state index contributed by atoms with van der Waals surface area (Å²) in [6.07, 6.45) is 0.578. The molecular formula is C16H21NO5. The van der Waals surface area contributed by atoms with Crippen LogP contribution in [-0.4, -0.2) is 30.5 Å². The quantitative estimate of drug-likeness (QED) is 0.474. The second-order valence-corrected chi connectivity index (χ2v) is 4.99. The average Bonchev–Trinajstić information content (AvgIpc) is 2.42. The van der Waals surface area contributed by atoms with E-state index in [9.17, 15) is 14.4 Å². The monoisotopic (exact) mass is 307 g/mol. The molecule has 0 unspecified atom stereocenters. The zero-order chi connectivity index (χ0) is 16.5. The van der Waals surface area contributed by atoms with Gasteiger partial charge in [0.15, 0.2) is 0 Å². The number of benzene rings is 1. The van der Waals surface area contributed by atoms with E-state index in [1.54, 1.807) is 38.1 Å². The fourth-order valence-electron chi connectivity index (χ4n) is 1.75. The molecule has 6 nitrogen and oxygen atoms in total. The number of para-hydroxylation sites is 1. The van der Waals surface area contributed by atoms with Gasteiger partial charge in [-0.25, -0.2) is 0 Å². The Hall–Kier alpha value is -2.37. The van der Waals surface area contributed by atoms with Gasteiger partial charge in [0.25, 0.3) is 5.91 Å². The molecule has 0 aliphatic heterocycles. The Morgan fingerprint density at radius 1 is 1.18 bits per heavy atom. The van der Waals surface area contributed by atoms with Crippen LogP contribution >= 0.6 is 0 Å². The van der Waals surface area contributed by atoms with Crippen molar-refractivity contribution >= 4 is 17.8 Å². The van der Waals surface area contributed by atoms with Crippen LogP contribution in [0.5, 0.6) is 5.75 Å². The highest BCUT2D eigenvalue weighted by molar-refractivity contribution is 5.97. The summed E-state index contributed by atoms with van der Waals surface area (Å²) in [4.78, 5) is 34.4. The number of carbonyl (C=O) groups is 3. The van der Waals surface area contributed by atoms with Gasteiger partial charge in [0.1, 0.15) is 5.75 Å². The summed E-state index contributed by atoms with van der Waals surface area (Å²) in [6.45, 7) is 5.17. The summed E-state index contributed by atoms with van der Waals surface area (Å²) in [7, 11) is 0. The van der Waals surface area contributed by atoms with E-state index in [0.717, 1.165) is 0 Å². The molecule has 0 saturated carbocycles. The Bertz CT molecular complexity index is 539. The Balaban J connectivity index is 2.46. The van der Waals surface area contributed by atoms with E-state index in [0.29, 0.717) is 13.0 Å². The van der Waals surface area contributed by atoms with Gasteiger partial charge in [-0.1, -0.05) is 12.1 Å². The molecule has 0 bridgehead atoms. The summed E-state index contributed by atoms with van der Waals surface area (Å²) in [6, 6.07) is 6.48. The summed E-state index contributed by atoms with van der Waals surface area (Å²) < 4.78 is 9.98. The maximum absolute atomic E-state index is 12.1. The topological polar surface area (TPSA) is 81.7 Å². The minimum absolute atomic E-state index is 0.141.